The highest BCUT2D eigenvalue weighted by atomic mass is 14.9. The van der Waals surface area contributed by atoms with E-state index in [0.717, 1.165) is 13.0 Å². The normalized spacial score (nSPS) is 11.8. The van der Waals surface area contributed by atoms with Crippen LogP contribution in [-0.2, 0) is 0 Å². The molecule has 0 heterocycles. The average molecular weight is 215 g/mol. The first-order valence-electron chi connectivity index (χ1n) is 5.89. The van der Waals surface area contributed by atoms with Crippen molar-refractivity contribution in [2.45, 2.75) is 40.2 Å². The summed E-state index contributed by atoms with van der Waals surface area (Å²) in [7, 11) is 0. The minimum atomic E-state index is 0.359. The molecule has 1 aromatic carbocycles. The van der Waals surface area contributed by atoms with Crippen LogP contribution in [0.4, 0.5) is 0 Å². The summed E-state index contributed by atoms with van der Waals surface area (Å²) in [6.45, 7) is 9.31. The van der Waals surface area contributed by atoms with Crippen molar-refractivity contribution in [3.8, 4) is 11.8 Å². The van der Waals surface area contributed by atoms with Gasteiger partial charge in [-0.3, -0.25) is 0 Å². The Morgan fingerprint density at radius 2 is 2.06 bits per heavy atom. The highest BCUT2D eigenvalue weighted by Crippen LogP contribution is 2.21. The van der Waals surface area contributed by atoms with Crippen molar-refractivity contribution in [2.24, 2.45) is 0 Å². The zero-order valence-corrected chi connectivity index (χ0v) is 10.7. The number of benzene rings is 1. The zero-order valence-electron chi connectivity index (χ0n) is 10.7. The van der Waals surface area contributed by atoms with Crippen LogP contribution in [0.5, 0.6) is 0 Å². The van der Waals surface area contributed by atoms with Crippen LogP contribution in [0.15, 0.2) is 18.2 Å². The van der Waals surface area contributed by atoms with Crippen molar-refractivity contribution in [3.05, 3.63) is 34.9 Å². The Kier molecular flexibility index (Phi) is 5.08. The molecular weight excluding hydrogens is 194 g/mol. The smallest absolute Gasteiger partial charge is 0.0433 e. The van der Waals surface area contributed by atoms with Crippen LogP contribution in [-0.4, -0.2) is 6.54 Å². The predicted molar refractivity (Wildman–Crippen MR) is 70.4 cm³/mol. The van der Waals surface area contributed by atoms with Crippen LogP contribution in [0.25, 0.3) is 0 Å². The molecule has 0 bridgehead atoms. The number of hydrogen-bond acceptors (Lipinski definition) is 1. The number of nitrogens with one attached hydrogen (secondary N) is 1. The summed E-state index contributed by atoms with van der Waals surface area (Å²) >= 11 is 0. The molecule has 0 radical (unpaired) electrons. The van der Waals surface area contributed by atoms with Crippen molar-refractivity contribution in [2.75, 3.05) is 6.54 Å². The lowest BCUT2D eigenvalue weighted by atomic mass is 9.97. The monoisotopic (exact) mass is 215 g/mol. The Balaban J connectivity index is 2.94. The van der Waals surface area contributed by atoms with Gasteiger partial charge in [-0.2, -0.15) is 0 Å². The van der Waals surface area contributed by atoms with Gasteiger partial charge < -0.3 is 5.32 Å². The summed E-state index contributed by atoms with van der Waals surface area (Å²) in [5.41, 5.74) is 4.04. The third-order valence-corrected chi connectivity index (χ3v) is 2.73. The maximum atomic E-state index is 3.49. The van der Waals surface area contributed by atoms with Gasteiger partial charge in [-0.25, -0.2) is 0 Å². The molecule has 16 heavy (non-hydrogen) atoms. The molecule has 0 fully saturated rings. The summed E-state index contributed by atoms with van der Waals surface area (Å²) in [6, 6.07) is 6.98. The molecule has 0 aromatic heterocycles. The molecule has 0 aliphatic rings. The fourth-order valence-corrected chi connectivity index (χ4v) is 1.96. The molecule has 1 unspecified atom stereocenters. The largest absolute Gasteiger partial charge is 0.309 e. The number of hydrogen-bond donors (Lipinski definition) is 1. The van der Waals surface area contributed by atoms with Gasteiger partial charge in [0.15, 0.2) is 0 Å². The van der Waals surface area contributed by atoms with E-state index in [2.05, 4.69) is 56.1 Å². The second-order valence-electron chi connectivity index (χ2n) is 4.10. The maximum absolute atomic E-state index is 3.49. The Hall–Kier alpha value is -1.26. The van der Waals surface area contributed by atoms with E-state index in [9.17, 15) is 0 Å². The molecule has 1 heteroatoms. The van der Waals surface area contributed by atoms with Crippen LogP contribution in [0.3, 0.4) is 0 Å². The van der Waals surface area contributed by atoms with Gasteiger partial charge in [0.1, 0.15) is 0 Å². The minimum Gasteiger partial charge on any atom is -0.309 e. The molecule has 0 aliphatic carbocycles. The van der Waals surface area contributed by atoms with Crippen molar-refractivity contribution in [1.82, 2.24) is 5.32 Å². The maximum Gasteiger partial charge on any atom is 0.0433 e. The molecule has 0 amide bonds. The van der Waals surface area contributed by atoms with E-state index >= 15 is 0 Å². The third kappa shape index (κ3) is 3.40. The van der Waals surface area contributed by atoms with Gasteiger partial charge >= 0.3 is 0 Å². The predicted octanol–water partition coefficient (Wildman–Crippen LogP) is 3.37. The fourth-order valence-electron chi connectivity index (χ4n) is 1.96. The standard InChI is InChI=1S/C15H21N/c1-5-7-8-15(16-6-2)14-10-9-12(3)11-13(14)4/h9-11,15-16H,6,8H2,1-4H3. The van der Waals surface area contributed by atoms with E-state index < -0.39 is 0 Å². The first-order chi connectivity index (χ1) is 7.69. The van der Waals surface area contributed by atoms with E-state index in [1.54, 1.807) is 0 Å². The lowest BCUT2D eigenvalue weighted by Gasteiger charge is -2.18. The van der Waals surface area contributed by atoms with Gasteiger partial charge in [-0.1, -0.05) is 30.7 Å². The third-order valence-electron chi connectivity index (χ3n) is 2.73. The van der Waals surface area contributed by atoms with Crippen LogP contribution in [0.1, 0.15) is 43.0 Å². The van der Waals surface area contributed by atoms with Crippen LogP contribution in [0, 0.1) is 25.7 Å². The number of rotatable bonds is 4. The molecule has 0 saturated carbocycles. The van der Waals surface area contributed by atoms with Gasteiger partial charge in [-0.15, -0.1) is 11.8 Å². The van der Waals surface area contributed by atoms with Crippen molar-refractivity contribution in [3.63, 3.8) is 0 Å². The summed E-state index contributed by atoms with van der Waals surface area (Å²) in [4.78, 5) is 0. The van der Waals surface area contributed by atoms with Crippen molar-refractivity contribution < 1.29 is 0 Å². The topological polar surface area (TPSA) is 12.0 Å². The first-order valence-corrected chi connectivity index (χ1v) is 5.89. The molecule has 1 rings (SSSR count). The molecule has 86 valence electrons. The highest BCUT2D eigenvalue weighted by molar-refractivity contribution is 5.33. The minimum absolute atomic E-state index is 0.359. The lowest BCUT2D eigenvalue weighted by molar-refractivity contribution is 0.562. The van der Waals surface area contributed by atoms with E-state index in [1.165, 1.54) is 16.7 Å². The summed E-state index contributed by atoms with van der Waals surface area (Å²) in [5.74, 6) is 6.13. The average Bonchev–Trinajstić information content (AvgIpc) is 2.25. The number of aryl methyl sites for hydroxylation is 2. The molecule has 0 saturated heterocycles. The Labute approximate surface area is 99.3 Å². The summed E-state index contributed by atoms with van der Waals surface area (Å²) in [5, 5.41) is 3.49. The van der Waals surface area contributed by atoms with E-state index in [1.807, 2.05) is 6.92 Å². The van der Waals surface area contributed by atoms with E-state index in [4.69, 9.17) is 0 Å². The lowest BCUT2D eigenvalue weighted by Crippen LogP contribution is -2.21. The molecule has 1 aromatic rings. The fraction of sp³-hybridized carbons (Fsp3) is 0.467. The highest BCUT2D eigenvalue weighted by Gasteiger charge is 2.10. The second kappa shape index (κ2) is 6.35. The SMILES string of the molecule is CC#CCC(NCC)c1ccc(C)cc1C. The van der Waals surface area contributed by atoms with Crippen LogP contribution >= 0.6 is 0 Å². The molecule has 1 nitrogen and oxygen atoms in total. The second-order valence-corrected chi connectivity index (χ2v) is 4.10. The first kappa shape index (κ1) is 12.8. The summed E-state index contributed by atoms with van der Waals surface area (Å²) < 4.78 is 0. The molecule has 1 atom stereocenters. The van der Waals surface area contributed by atoms with Gasteiger partial charge in [0.2, 0.25) is 0 Å². The van der Waals surface area contributed by atoms with Gasteiger partial charge in [0, 0.05) is 12.5 Å². The molecule has 0 aliphatic heterocycles. The van der Waals surface area contributed by atoms with Crippen molar-refractivity contribution >= 4 is 0 Å². The van der Waals surface area contributed by atoms with E-state index in [0.29, 0.717) is 6.04 Å². The molecule has 1 N–H and O–H groups in total. The summed E-state index contributed by atoms with van der Waals surface area (Å²) in [6.07, 6.45) is 0.883. The van der Waals surface area contributed by atoms with Crippen LogP contribution < -0.4 is 5.32 Å². The zero-order chi connectivity index (χ0) is 12.0. The van der Waals surface area contributed by atoms with E-state index in [-0.39, 0.29) is 0 Å². The quantitative estimate of drug-likeness (QED) is 0.759. The van der Waals surface area contributed by atoms with Gasteiger partial charge in [-0.05, 0) is 38.4 Å². The van der Waals surface area contributed by atoms with Crippen molar-refractivity contribution in [1.29, 1.82) is 0 Å². The molecular formula is C15H21N. The Morgan fingerprint density at radius 3 is 2.62 bits per heavy atom. The van der Waals surface area contributed by atoms with Gasteiger partial charge in [0.25, 0.3) is 0 Å². The Morgan fingerprint density at radius 1 is 1.31 bits per heavy atom. The van der Waals surface area contributed by atoms with Gasteiger partial charge in [0.05, 0.1) is 0 Å². The molecule has 0 spiro atoms. The van der Waals surface area contributed by atoms with Crippen LogP contribution in [0.2, 0.25) is 0 Å². The Bertz CT molecular complexity index is 396.